The molecule has 0 heterocycles. The Balaban J connectivity index is 0. The molecule has 11 heavy (non-hydrogen) atoms. The van der Waals surface area contributed by atoms with Gasteiger partial charge in [0.05, 0.1) is 0 Å². The second-order valence-electron chi connectivity index (χ2n) is 2.10. The van der Waals surface area contributed by atoms with E-state index < -0.39 is 0 Å². The molecule has 0 aromatic rings. The lowest BCUT2D eigenvalue weighted by Crippen LogP contribution is -2.27. The third-order valence-electron chi connectivity index (χ3n) is 1.16. The average Bonchev–Trinajstić information content (AvgIpc) is 2.08. The lowest BCUT2D eigenvalue weighted by molar-refractivity contribution is 0.619. The predicted molar refractivity (Wildman–Crippen MR) is 53.1 cm³/mol. The van der Waals surface area contributed by atoms with Gasteiger partial charge in [-0.15, -0.1) is 0 Å². The molecule has 0 aromatic carbocycles. The minimum absolute atomic E-state index is 1.08. The van der Waals surface area contributed by atoms with Gasteiger partial charge in [-0.3, -0.25) is 0 Å². The summed E-state index contributed by atoms with van der Waals surface area (Å²) in [6, 6.07) is 0. The molecule has 70 valence electrons. The third-order valence-corrected chi connectivity index (χ3v) is 1.16. The van der Waals surface area contributed by atoms with Crippen molar-refractivity contribution < 1.29 is 0 Å². The predicted octanol–water partition coefficient (Wildman–Crippen LogP) is 1.62. The van der Waals surface area contributed by atoms with E-state index in [4.69, 9.17) is 0 Å². The largest absolute Gasteiger partial charge is 0.316 e. The van der Waals surface area contributed by atoms with Crippen molar-refractivity contribution in [2.45, 2.75) is 34.1 Å². The summed E-state index contributed by atoms with van der Waals surface area (Å²) < 4.78 is 0. The Morgan fingerprint density at radius 2 is 1.36 bits per heavy atom. The molecule has 0 aliphatic heterocycles. The smallest absolute Gasteiger partial charge is 0.00767 e. The Bertz CT molecular complexity index is 40.8. The molecule has 0 saturated carbocycles. The molecule has 0 aliphatic rings. The molecule has 0 unspecified atom stereocenters. The Labute approximate surface area is 71.8 Å². The van der Waals surface area contributed by atoms with Gasteiger partial charge in [-0.25, -0.2) is 0 Å². The van der Waals surface area contributed by atoms with Crippen molar-refractivity contribution in [1.82, 2.24) is 10.6 Å². The van der Waals surface area contributed by atoms with Crippen molar-refractivity contribution in [2.24, 2.45) is 0 Å². The first-order valence-corrected chi connectivity index (χ1v) is 4.83. The molecule has 0 fully saturated rings. The summed E-state index contributed by atoms with van der Waals surface area (Å²) in [6.45, 7) is 12.7. The standard InChI is InChI=1S/C7H18N2.C2H6/c1-3-5-9-7-6-8-4-2;1-2/h8-9H,3-7H2,1-2H3;1-2H3. The topological polar surface area (TPSA) is 24.1 Å². The quantitative estimate of drug-likeness (QED) is 0.577. The maximum absolute atomic E-state index is 3.31. The van der Waals surface area contributed by atoms with Crippen LogP contribution in [-0.4, -0.2) is 26.2 Å². The molecule has 0 rings (SSSR count). The van der Waals surface area contributed by atoms with Crippen LogP contribution in [0.15, 0.2) is 0 Å². The van der Waals surface area contributed by atoms with Gasteiger partial charge in [-0.1, -0.05) is 27.7 Å². The van der Waals surface area contributed by atoms with E-state index in [0.29, 0.717) is 0 Å². The monoisotopic (exact) mass is 160 g/mol. The molecule has 0 radical (unpaired) electrons. The summed E-state index contributed by atoms with van der Waals surface area (Å²) in [6.07, 6.45) is 1.23. The van der Waals surface area contributed by atoms with Gasteiger partial charge < -0.3 is 10.6 Å². The van der Waals surface area contributed by atoms with E-state index in [9.17, 15) is 0 Å². The molecular weight excluding hydrogens is 136 g/mol. The molecule has 0 aliphatic carbocycles. The maximum Gasteiger partial charge on any atom is 0.00767 e. The summed E-state index contributed by atoms with van der Waals surface area (Å²) in [4.78, 5) is 0. The van der Waals surface area contributed by atoms with Crippen molar-refractivity contribution in [3.63, 3.8) is 0 Å². The zero-order valence-corrected chi connectivity index (χ0v) is 8.54. The lowest BCUT2D eigenvalue weighted by atomic mass is 10.5. The van der Waals surface area contributed by atoms with Gasteiger partial charge in [0.15, 0.2) is 0 Å². The highest BCUT2D eigenvalue weighted by Crippen LogP contribution is 1.67. The fourth-order valence-electron chi connectivity index (χ4n) is 0.655. The summed E-state index contributed by atoms with van der Waals surface area (Å²) in [5.74, 6) is 0. The summed E-state index contributed by atoms with van der Waals surface area (Å²) in [5, 5.41) is 6.55. The van der Waals surface area contributed by atoms with Gasteiger partial charge >= 0.3 is 0 Å². The van der Waals surface area contributed by atoms with E-state index in [1.165, 1.54) is 6.42 Å². The minimum Gasteiger partial charge on any atom is -0.316 e. The number of rotatable bonds is 6. The van der Waals surface area contributed by atoms with E-state index >= 15 is 0 Å². The van der Waals surface area contributed by atoms with Crippen LogP contribution in [0.1, 0.15) is 34.1 Å². The first-order chi connectivity index (χ1) is 5.41. The van der Waals surface area contributed by atoms with Crippen LogP contribution < -0.4 is 10.6 Å². The third kappa shape index (κ3) is 17.8. The number of nitrogens with one attached hydrogen (secondary N) is 2. The van der Waals surface area contributed by atoms with Crippen molar-refractivity contribution in [1.29, 1.82) is 0 Å². The molecule has 2 heteroatoms. The van der Waals surface area contributed by atoms with Crippen LogP contribution in [-0.2, 0) is 0 Å². The number of likely N-dealkylation sites (N-methyl/N-ethyl adjacent to an activating group) is 1. The van der Waals surface area contributed by atoms with Crippen LogP contribution in [0.25, 0.3) is 0 Å². The molecule has 0 amide bonds. The van der Waals surface area contributed by atoms with Gasteiger partial charge in [0.25, 0.3) is 0 Å². The first kappa shape index (κ1) is 13.5. The zero-order chi connectivity index (χ0) is 8.95. The van der Waals surface area contributed by atoms with E-state index in [1.807, 2.05) is 13.8 Å². The van der Waals surface area contributed by atoms with E-state index in [1.54, 1.807) is 0 Å². The normalized spacial score (nSPS) is 8.73. The van der Waals surface area contributed by atoms with Gasteiger partial charge in [0, 0.05) is 13.1 Å². The van der Waals surface area contributed by atoms with Crippen LogP contribution in [0.5, 0.6) is 0 Å². The Hall–Kier alpha value is -0.0800. The SMILES string of the molecule is CC.CCCNCCNCC. The highest BCUT2D eigenvalue weighted by Gasteiger charge is 1.81. The molecule has 2 N–H and O–H groups in total. The van der Waals surface area contributed by atoms with Crippen LogP contribution in [0, 0.1) is 0 Å². The van der Waals surface area contributed by atoms with Crippen molar-refractivity contribution >= 4 is 0 Å². The number of hydrogen-bond donors (Lipinski definition) is 2. The van der Waals surface area contributed by atoms with Crippen LogP contribution >= 0.6 is 0 Å². The van der Waals surface area contributed by atoms with Crippen LogP contribution in [0.2, 0.25) is 0 Å². The highest BCUT2D eigenvalue weighted by atomic mass is 14.9. The maximum atomic E-state index is 3.31. The molecule has 0 spiro atoms. The van der Waals surface area contributed by atoms with Crippen LogP contribution in [0.4, 0.5) is 0 Å². The Kier molecular flexibility index (Phi) is 20.2. The van der Waals surface area contributed by atoms with Gasteiger partial charge in [0.2, 0.25) is 0 Å². The zero-order valence-electron chi connectivity index (χ0n) is 8.54. The van der Waals surface area contributed by atoms with Crippen LogP contribution in [0.3, 0.4) is 0 Å². The first-order valence-electron chi connectivity index (χ1n) is 4.83. The van der Waals surface area contributed by atoms with Gasteiger partial charge in [-0.05, 0) is 19.5 Å². The van der Waals surface area contributed by atoms with Gasteiger partial charge in [0.1, 0.15) is 0 Å². The minimum atomic E-state index is 1.08. The Morgan fingerprint density at radius 3 is 1.82 bits per heavy atom. The van der Waals surface area contributed by atoms with E-state index in [-0.39, 0.29) is 0 Å². The van der Waals surface area contributed by atoms with Crippen molar-refractivity contribution in [3.05, 3.63) is 0 Å². The summed E-state index contributed by atoms with van der Waals surface area (Å²) >= 11 is 0. The second-order valence-corrected chi connectivity index (χ2v) is 2.10. The lowest BCUT2D eigenvalue weighted by Gasteiger charge is -2.01. The molecule has 0 aromatic heterocycles. The molecule has 0 bridgehead atoms. The Morgan fingerprint density at radius 1 is 0.818 bits per heavy atom. The number of hydrogen-bond acceptors (Lipinski definition) is 2. The van der Waals surface area contributed by atoms with Gasteiger partial charge in [-0.2, -0.15) is 0 Å². The summed E-state index contributed by atoms with van der Waals surface area (Å²) in [7, 11) is 0. The highest BCUT2D eigenvalue weighted by molar-refractivity contribution is 4.48. The fourth-order valence-corrected chi connectivity index (χ4v) is 0.655. The van der Waals surface area contributed by atoms with Crippen molar-refractivity contribution in [2.75, 3.05) is 26.2 Å². The molecular formula is C9H24N2. The summed E-state index contributed by atoms with van der Waals surface area (Å²) in [5.41, 5.74) is 0. The fraction of sp³-hybridized carbons (Fsp3) is 1.00. The van der Waals surface area contributed by atoms with E-state index in [0.717, 1.165) is 26.2 Å². The average molecular weight is 160 g/mol. The molecule has 2 nitrogen and oxygen atoms in total. The molecule has 0 saturated heterocycles. The van der Waals surface area contributed by atoms with Crippen molar-refractivity contribution in [3.8, 4) is 0 Å². The second kappa shape index (κ2) is 16.5. The molecule has 0 atom stereocenters. The van der Waals surface area contributed by atoms with E-state index in [2.05, 4.69) is 24.5 Å².